The average molecular weight is 347 g/mol. The van der Waals surface area contributed by atoms with E-state index in [1.165, 1.54) is 5.56 Å². The van der Waals surface area contributed by atoms with E-state index in [1.807, 2.05) is 55.9 Å². The molecule has 0 radical (unpaired) electrons. The van der Waals surface area contributed by atoms with Crippen molar-refractivity contribution >= 4 is 5.91 Å². The largest absolute Gasteiger partial charge is 0.337 e. The van der Waals surface area contributed by atoms with Crippen LogP contribution in [0, 0.1) is 13.8 Å². The molecule has 0 bridgehead atoms. The van der Waals surface area contributed by atoms with Gasteiger partial charge in [0.25, 0.3) is 5.91 Å². The Morgan fingerprint density at radius 2 is 1.62 bits per heavy atom. The standard InChI is InChI=1S/C22H25N3O/c1-5-18-6-8-19(9-7-18)15-24(4)22(26)20-10-12-21(13-11-20)25-17(3)14-16(2)23-25/h6-14H,5,15H2,1-4H3. The molecule has 0 atom stereocenters. The molecule has 0 fully saturated rings. The zero-order chi connectivity index (χ0) is 18.7. The van der Waals surface area contributed by atoms with Gasteiger partial charge in [-0.25, -0.2) is 4.68 Å². The molecule has 0 aliphatic heterocycles. The number of rotatable bonds is 5. The van der Waals surface area contributed by atoms with Crippen molar-refractivity contribution in [3.8, 4) is 5.69 Å². The number of carbonyl (C=O) groups is 1. The third-order valence-electron chi connectivity index (χ3n) is 4.57. The summed E-state index contributed by atoms with van der Waals surface area (Å²) < 4.78 is 1.89. The molecule has 0 aliphatic rings. The molecule has 0 aliphatic carbocycles. The van der Waals surface area contributed by atoms with Crippen molar-refractivity contribution in [2.75, 3.05) is 7.05 Å². The predicted octanol–water partition coefficient (Wildman–Crippen LogP) is 4.32. The summed E-state index contributed by atoms with van der Waals surface area (Å²) in [5.74, 6) is 0.0180. The minimum Gasteiger partial charge on any atom is -0.337 e. The van der Waals surface area contributed by atoms with Crippen LogP contribution in [0.25, 0.3) is 5.69 Å². The van der Waals surface area contributed by atoms with Crippen LogP contribution in [0.1, 0.15) is 39.8 Å². The van der Waals surface area contributed by atoms with Gasteiger partial charge in [0.05, 0.1) is 11.4 Å². The number of benzene rings is 2. The van der Waals surface area contributed by atoms with Crippen LogP contribution in [0.5, 0.6) is 0 Å². The molecule has 1 amide bonds. The maximum absolute atomic E-state index is 12.7. The van der Waals surface area contributed by atoms with Gasteiger partial charge in [-0.2, -0.15) is 5.10 Å². The molecule has 3 rings (SSSR count). The van der Waals surface area contributed by atoms with Crippen LogP contribution < -0.4 is 0 Å². The molecule has 26 heavy (non-hydrogen) atoms. The summed E-state index contributed by atoms with van der Waals surface area (Å²) in [6.45, 7) is 6.74. The summed E-state index contributed by atoms with van der Waals surface area (Å²) in [4.78, 5) is 14.4. The molecule has 2 aromatic carbocycles. The monoisotopic (exact) mass is 347 g/mol. The molecular formula is C22H25N3O. The van der Waals surface area contributed by atoms with Gasteiger partial charge in [-0.05, 0) is 61.7 Å². The quantitative estimate of drug-likeness (QED) is 0.689. The van der Waals surface area contributed by atoms with Crippen molar-refractivity contribution < 1.29 is 4.79 Å². The van der Waals surface area contributed by atoms with Gasteiger partial charge in [0.15, 0.2) is 0 Å². The van der Waals surface area contributed by atoms with E-state index in [4.69, 9.17) is 0 Å². The summed E-state index contributed by atoms with van der Waals surface area (Å²) in [5.41, 5.74) is 6.15. The van der Waals surface area contributed by atoms with Gasteiger partial charge in [0, 0.05) is 24.8 Å². The summed E-state index contributed by atoms with van der Waals surface area (Å²) >= 11 is 0. The Labute approximate surface area is 155 Å². The first kappa shape index (κ1) is 17.9. The Kier molecular flexibility index (Phi) is 5.21. The summed E-state index contributed by atoms with van der Waals surface area (Å²) in [6, 6.07) is 18.1. The molecule has 0 saturated heterocycles. The van der Waals surface area contributed by atoms with E-state index in [0.29, 0.717) is 12.1 Å². The average Bonchev–Trinajstić information content (AvgIpc) is 3.00. The first-order valence-corrected chi connectivity index (χ1v) is 8.95. The lowest BCUT2D eigenvalue weighted by molar-refractivity contribution is 0.0785. The van der Waals surface area contributed by atoms with Crippen molar-refractivity contribution in [1.29, 1.82) is 0 Å². The molecule has 134 valence electrons. The topological polar surface area (TPSA) is 38.1 Å². The second-order valence-electron chi connectivity index (χ2n) is 6.72. The fourth-order valence-electron chi connectivity index (χ4n) is 3.08. The Bertz CT molecular complexity index is 892. The van der Waals surface area contributed by atoms with E-state index >= 15 is 0 Å². The zero-order valence-electron chi connectivity index (χ0n) is 15.9. The van der Waals surface area contributed by atoms with Gasteiger partial charge < -0.3 is 4.90 Å². The number of carbonyl (C=O) groups excluding carboxylic acids is 1. The number of nitrogens with zero attached hydrogens (tertiary/aromatic N) is 3. The van der Waals surface area contributed by atoms with E-state index < -0.39 is 0 Å². The summed E-state index contributed by atoms with van der Waals surface area (Å²) in [5, 5.41) is 4.48. The molecule has 1 aromatic heterocycles. The molecule has 0 spiro atoms. The van der Waals surface area contributed by atoms with E-state index in [1.54, 1.807) is 4.90 Å². The maximum atomic E-state index is 12.7. The third-order valence-corrected chi connectivity index (χ3v) is 4.57. The van der Waals surface area contributed by atoms with Crippen molar-refractivity contribution in [3.63, 3.8) is 0 Å². The van der Waals surface area contributed by atoms with E-state index in [2.05, 4.69) is 36.3 Å². The molecule has 0 unspecified atom stereocenters. The van der Waals surface area contributed by atoms with Crippen LogP contribution in [0.4, 0.5) is 0 Å². The van der Waals surface area contributed by atoms with Crippen LogP contribution in [0.15, 0.2) is 54.6 Å². The minimum absolute atomic E-state index is 0.0180. The highest BCUT2D eigenvalue weighted by molar-refractivity contribution is 5.94. The lowest BCUT2D eigenvalue weighted by atomic mass is 10.1. The van der Waals surface area contributed by atoms with Gasteiger partial charge in [-0.1, -0.05) is 31.2 Å². The number of aryl methyl sites for hydroxylation is 3. The Balaban J connectivity index is 1.71. The van der Waals surface area contributed by atoms with Crippen molar-refractivity contribution in [2.45, 2.75) is 33.7 Å². The Morgan fingerprint density at radius 1 is 1.00 bits per heavy atom. The molecular weight excluding hydrogens is 322 g/mol. The molecule has 4 nitrogen and oxygen atoms in total. The van der Waals surface area contributed by atoms with Crippen LogP contribution in [-0.4, -0.2) is 27.6 Å². The predicted molar refractivity (Wildman–Crippen MR) is 105 cm³/mol. The maximum Gasteiger partial charge on any atom is 0.253 e. The van der Waals surface area contributed by atoms with E-state index in [0.717, 1.165) is 29.1 Å². The number of hydrogen-bond acceptors (Lipinski definition) is 2. The smallest absolute Gasteiger partial charge is 0.253 e. The molecule has 0 N–H and O–H groups in total. The van der Waals surface area contributed by atoms with Gasteiger partial charge >= 0.3 is 0 Å². The normalized spacial score (nSPS) is 10.8. The van der Waals surface area contributed by atoms with Crippen LogP contribution >= 0.6 is 0 Å². The van der Waals surface area contributed by atoms with E-state index in [9.17, 15) is 4.79 Å². The van der Waals surface area contributed by atoms with Gasteiger partial charge in [0.2, 0.25) is 0 Å². The van der Waals surface area contributed by atoms with Gasteiger partial charge in [0.1, 0.15) is 0 Å². The van der Waals surface area contributed by atoms with Crippen molar-refractivity contribution in [2.24, 2.45) is 0 Å². The molecule has 4 heteroatoms. The SMILES string of the molecule is CCc1ccc(CN(C)C(=O)c2ccc(-n3nc(C)cc3C)cc2)cc1. The van der Waals surface area contributed by atoms with Crippen LogP contribution in [0.2, 0.25) is 0 Å². The first-order valence-electron chi connectivity index (χ1n) is 8.95. The van der Waals surface area contributed by atoms with Crippen molar-refractivity contribution in [3.05, 3.63) is 82.7 Å². The second kappa shape index (κ2) is 7.56. The molecule has 0 saturated carbocycles. The zero-order valence-corrected chi connectivity index (χ0v) is 15.9. The highest BCUT2D eigenvalue weighted by Gasteiger charge is 2.13. The van der Waals surface area contributed by atoms with Crippen LogP contribution in [-0.2, 0) is 13.0 Å². The summed E-state index contributed by atoms with van der Waals surface area (Å²) in [7, 11) is 1.84. The first-order chi connectivity index (χ1) is 12.5. The second-order valence-corrected chi connectivity index (χ2v) is 6.72. The highest BCUT2D eigenvalue weighted by Crippen LogP contribution is 2.15. The molecule has 1 heterocycles. The lowest BCUT2D eigenvalue weighted by Crippen LogP contribution is -2.26. The van der Waals surface area contributed by atoms with E-state index in [-0.39, 0.29) is 5.91 Å². The Hall–Kier alpha value is -2.88. The highest BCUT2D eigenvalue weighted by atomic mass is 16.2. The fraction of sp³-hybridized carbons (Fsp3) is 0.273. The fourth-order valence-corrected chi connectivity index (χ4v) is 3.08. The van der Waals surface area contributed by atoms with Gasteiger partial charge in [-0.15, -0.1) is 0 Å². The minimum atomic E-state index is 0.0180. The summed E-state index contributed by atoms with van der Waals surface area (Å²) in [6.07, 6.45) is 1.02. The third kappa shape index (κ3) is 3.85. The van der Waals surface area contributed by atoms with Gasteiger partial charge in [-0.3, -0.25) is 4.79 Å². The molecule has 3 aromatic rings. The lowest BCUT2D eigenvalue weighted by Gasteiger charge is -2.18. The van der Waals surface area contributed by atoms with Crippen molar-refractivity contribution in [1.82, 2.24) is 14.7 Å². The number of amides is 1. The number of aromatic nitrogens is 2. The number of hydrogen-bond donors (Lipinski definition) is 0. The Morgan fingerprint density at radius 3 is 2.15 bits per heavy atom. The van der Waals surface area contributed by atoms with Crippen LogP contribution in [0.3, 0.4) is 0 Å².